The molecule has 0 aromatic heterocycles. The van der Waals surface area contributed by atoms with Crippen LogP contribution in [0.2, 0.25) is 0 Å². The average Bonchev–Trinajstić information content (AvgIpc) is 2.98. The van der Waals surface area contributed by atoms with Gasteiger partial charge >= 0.3 is 5.97 Å². The molecule has 15 heavy (non-hydrogen) atoms. The lowest BCUT2D eigenvalue weighted by atomic mass is 9.96. The lowest BCUT2D eigenvalue weighted by Crippen LogP contribution is -2.20. The summed E-state index contributed by atoms with van der Waals surface area (Å²) in [4.78, 5) is 12.3. The van der Waals surface area contributed by atoms with Gasteiger partial charge in [0.2, 0.25) is 0 Å². The minimum Gasteiger partial charge on any atom is -0.481 e. The summed E-state index contributed by atoms with van der Waals surface area (Å²) in [5, 5.41) is 9.24. The van der Waals surface area contributed by atoms with Gasteiger partial charge in [-0.3, -0.25) is 4.79 Å². The Kier molecular flexibility index (Phi) is 2.81. The van der Waals surface area contributed by atoms with Crippen molar-refractivity contribution in [3.63, 3.8) is 0 Å². The van der Waals surface area contributed by atoms with Gasteiger partial charge in [-0.25, -0.2) is 0 Å². The average molecular weight is 287 g/mol. The normalized spacial score (nSPS) is 17.5. The molecule has 1 aromatic rings. The maximum Gasteiger partial charge on any atom is 0.314 e. The summed E-state index contributed by atoms with van der Waals surface area (Å²) >= 11 is 5.00. The van der Waals surface area contributed by atoms with Crippen LogP contribution < -0.4 is 0 Å². The van der Waals surface area contributed by atoms with E-state index in [1.807, 2.05) is 24.5 Å². The van der Waals surface area contributed by atoms with Gasteiger partial charge in [0.1, 0.15) is 0 Å². The molecule has 1 N–H and O–H groups in total. The van der Waals surface area contributed by atoms with Crippen molar-refractivity contribution in [1.29, 1.82) is 0 Å². The van der Waals surface area contributed by atoms with Crippen LogP contribution in [0.25, 0.3) is 0 Å². The van der Waals surface area contributed by atoms with E-state index in [9.17, 15) is 9.90 Å². The summed E-state index contributed by atoms with van der Waals surface area (Å²) in [6.07, 6.45) is 3.49. The van der Waals surface area contributed by atoms with Crippen molar-refractivity contribution in [3.8, 4) is 0 Å². The minimum absolute atomic E-state index is 0.609. The van der Waals surface area contributed by atoms with Crippen LogP contribution in [0.3, 0.4) is 0 Å². The largest absolute Gasteiger partial charge is 0.481 e. The molecule has 4 heteroatoms. The van der Waals surface area contributed by atoms with Crippen LogP contribution in [-0.4, -0.2) is 17.3 Å². The van der Waals surface area contributed by atoms with Gasteiger partial charge in [-0.15, -0.1) is 11.8 Å². The first-order valence-corrected chi connectivity index (χ1v) is 6.69. The zero-order chi connectivity index (χ0) is 11.1. The first kappa shape index (κ1) is 11.0. The lowest BCUT2D eigenvalue weighted by molar-refractivity contribution is -0.140. The van der Waals surface area contributed by atoms with Crippen molar-refractivity contribution in [2.75, 3.05) is 6.26 Å². The molecule has 1 aliphatic rings. The smallest absolute Gasteiger partial charge is 0.314 e. The second kappa shape index (κ2) is 3.83. The number of rotatable bonds is 3. The molecular formula is C11H11BrO2S. The maximum absolute atomic E-state index is 11.2. The van der Waals surface area contributed by atoms with E-state index in [1.165, 1.54) is 0 Å². The second-order valence-corrected chi connectivity index (χ2v) is 5.50. The third-order valence-electron chi connectivity index (χ3n) is 2.84. The molecule has 0 atom stereocenters. The molecule has 1 aromatic carbocycles. The number of benzene rings is 1. The zero-order valence-electron chi connectivity index (χ0n) is 8.29. The molecule has 0 unspecified atom stereocenters. The Balaban J connectivity index is 2.51. The number of hydrogen-bond acceptors (Lipinski definition) is 2. The monoisotopic (exact) mass is 286 g/mol. The first-order chi connectivity index (χ1) is 7.10. The van der Waals surface area contributed by atoms with Crippen molar-refractivity contribution in [2.45, 2.75) is 23.2 Å². The van der Waals surface area contributed by atoms with Crippen molar-refractivity contribution in [1.82, 2.24) is 0 Å². The minimum atomic E-state index is -0.698. The molecule has 0 radical (unpaired) electrons. The fourth-order valence-corrected chi connectivity index (χ4v) is 2.82. The highest BCUT2D eigenvalue weighted by Gasteiger charge is 2.52. The van der Waals surface area contributed by atoms with Gasteiger partial charge in [0.25, 0.3) is 0 Å². The number of aliphatic carboxylic acids is 1. The molecule has 0 aliphatic heterocycles. The van der Waals surface area contributed by atoms with Gasteiger partial charge in [-0.1, -0.05) is 15.9 Å². The third-order valence-corrected chi connectivity index (χ3v) is 4.13. The van der Waals surface area contributed by atoms with E-state index in [0.717, 1.165) is 27.8 Å². The van der Waals surface area contributed by atoms with Crippen LogP contribution in [0.1, 0.15) is 18.4 Å². The van der Waals surface area contributed by atoms with Crippen molar-refractivity contribution in [2.24, 2.45) is 0 Å². The summed E-state index contributed by atoms with van der Waals surface area (Å²) in [5.41, 5.74) is 0.346. The van der Waals surface area contributed by atoms with E-state index in [4.69, 9.17) is 0 Å². The first-order valence-electron chi connectivity index (χ1n) is 4.67. The number of carboxylic acid groups (broad SMARTS) is 1. The fraction of sp³-hybridized carbons (Fsp3) is 0.364. The molecule has 1 aliphatic carbocycles. The Morgan fingerprint density at radius 3 is 2.67 bits per heavy atom. The van der Waals surface area contributed by atoms with E-state index in [2.05, 4.69) is 15.9 Å². The Labute approximate surface area is 101 Å². The number of hydrogen-bond donors (Lipinski definition) is 1. The van der Waals surface area contributed by atoms with Gasteiger partial charge in [0, 0.05) is 9.37 Å². The standard InChI is InChI=1S/C11H11BrO2S/c1-15-9-3-2-7(12)6-8(9)11(4-5-11)10(13)14/h2-3,6H,4-5H2,1H3,(H,13,14). The van der Waals surface area contributed by atoms with Crippen LogP contribution in [0.15, 0.2) is 27.6 Å². The Morgan fingerprint density at radius 2 is 2.20 bits per heavy atom. The molecule has 2 rings (SSSR count). The fourth-order valence-electron chi connectivity index (χ4n) is 1.78. The molecule has 0 heterocycles. The predicted octanol–water partition coefficient (Wildman–Crippen LogP) is 3.29. The zero-order valence-corrected chi connectivity index (χ0v) is 10.7. The number of carbonyl (C=O) groups is 1. The van der Waals surface area contributed by atoms with Crippen molar-refractivity contribution in [3.05, 3.63) is 28.2 Å². The molecule has 0 amide bonds. The summed E-state index contributed by atoms with van der Waals surface area (Å²) < 4.78 is 0.947. The quantitative estimate of drug-likeness (QED) is 0.867. The van der Waals surface area contributed by atoms with Gasteiger partial charge < -0.3 is 5.11 Å². The van der Waals surface area contributed by atoms with E-state index >= 15 is 0 Å². The van der Waals surface area contributed by atoms with Crippen LogP contribution in [0, 0.1) is 0 Å². The highest BCUT2D eigenvalue weighted by molar-refractivity contribution is 9.10. The van der Waals surface area contributed by atoms with E-state index in [-0.39, 0.29) is 0 Å². The molecule has 2 nitrogen and oxygen atoms in total. The summed E-state index contributed by atoms with van der Waals surface area (Å²) in [6.45, 7) is 0. The molecule has 0 bridgehead atoms. The predicted molar refractivity (Wildman–Crippen MR) is 64.5 cm³/mol. The molecule has 1 fully saturated rings. The highest BCUT2D eigenvalue weighted by Crippen LogP contribution is 2.51. The maximum atomic E-state index is 11.2. The van der Waals surface area contributed by atoms with E-state index in [1.54, 1.807) is 11.8 Å². The number of carboxylic acids is 1. The van der Waals surface area contributed by atoms with Gasteiger partial charge in [-0.05, 0) is 42.9 Å². The SMILES string of the molecule is CSc1ccc(Br)cc1C1(C(=O)O)CC1. The van der Waals surface area contributed by atoms with Gasteiger partial charge in [0.15, 0.2) is 0 Å². The van der Waals surface area contributed by atoms with Crippen LogP contribution >= 0.6 is 27.7 Å². The van der Waals surface area contributed by atoms with Crippen molar-refractivity contribution < 1.29 is 9.90 Å². The van der Waals surface area contributed by atoms with Crippen LogP contribution in [0.4, 0.5) is 0 Å². The van der Waals surface area contributed by atoms with Crippen LogP contribution in [0.5, 0.6) is 0 Å². The van der Waals surface area contributed by atoms with Crippen LogP contribution in [-0.2, 0) is 10.2 Å². The highest BCUT2D eigenvalue weighted by atomic mass is 79.9. The molecule has 0 saturated heterocycles. The Morgan fingerprint density at radius 1 is 1.53 bits per heavy atom. The number of halogens is 1. The van der Waals surface area contributed by atoms with E-state index in [0.29, 0.717) is 0 Å². The molecule has 80 valence electrons. The topological polar surface area (TPSA) is 37.3 Å². The van der Waals surface area contributed by atoms with Gasteiger partial charge in [-0.2, -0.15) is 0 Å². The second-order valence-electron chi connectivity index (χ2n) is 3.73. The molecular weight excluding hydrogens is 276 g/mol. The van der Waals surface area contributed by atoms with Gasteiger partial charge in [0.05, 0.1) is 5.41 Å². The third kappa shape index (κ3) is 1.81. The lowest BCUT2D eigenvalue weighted by Gasteiger charge is -2.14. The summed E-state index contributed by atoms with van der Waals surface area (Å²) in [6, 6.07) is 5.87. The Hall–Kier alpha value is -0.480. The Bertz CT molecular complexity index is 413. The molecule has 0 spiro atoms. The van der Waals surface area contributed by atoms with E-state index < -0.39 is 11.4 Å². The van der Waals surface area contributed by atoms with Crippen molar-refractivity contribution >= 4 is 33.7 Å². The summed E-state index contributed by atoms with van der Waals surface area (Å²) in [5.74, 6) is -0.698. The summed E-state index contributed by atoms with van der Waals surface area (Å²) in [7, 11) is 0. The number of thioether (sulfide) groups is 1. The molecule has 1 saturated carbocycles.